The van der Waals surface area contributed by atoms with Gasteiger partial charge in [0.05, 0.1) is 10.6 Å². The fourth-order valence-electron chi connectivity index (χ4n) is 11.8. The molecule has 2 saturated heterocycles. The number of nitrogens with two attached hydrogens (primary N) is 1. The highest BCUT2D eigenvalue weighted by Crippen LogP contribution is 2.77. The number of nitrogens with zero attached hydrogens (tertiary/aromatic N) is 4. The van der Waals surface area contributed by atoms with Gasteiger partial charge in [0.1, 0.15) is 4.90 Å². The number of anilines is 2. The van der Waals surface area contributed by atoms with E-state index in [1.165, 1.54) is 56.0 Å². The van der Waals surface area contributed by atoms with Crippen LogP contribution in [-0.4, -0.2) is 133 Å². The average Bonchev–Trinajstić information content (AvgIpc) is 3.32. The monoisotopic (exact) mass is 1060 g/mol. The molecule has 2 aliphatic heterocycles. The Morgan fingerprint density at radius 1 is 0.792 bits per heavy atom. The number of nitrogens with one attached hydrogen (secondary N) is 2. The standard InChI is InChI=1S/C53H72F3N7O6S3/c1-50(2)21-19-40(45(33-50)52-36-51(3,37-52)38-52)34-62-28-30-63(31-29-62)42-15-13-39(14-16-42)49(65)59-72(68,69)44-17-18-46(47(32-44)71(66,67)53(54,55)56)58-41(35-70-43-10-6-4-7-11-43)20-23-61-26-24-60(25-27-61)22-9-5-8-12-48(57)64/h4,6-7,10-11,13-18,32,41,58H,5,8-9,12,19-31,33-38H2,1-3H3,(H2,57,64)(H,59,65)/t41-,51?,52?/m1/s1. The molecule has 13 nitrogen and oxygen atoms in total. The summed E-state index contributed by atoms with van der Waals surface area (Å²) in [4.78, 5) is 32.7. The summed E-state index contributed by atoms with van der Waals surface area (Å²) in [7, 11) is -10.9. The van der Waals surface area contributed by atoms with Crippen molar-refractivity contribution in [3.63, 3.8) is 0 Å². The Morgan fingerprint density at radius 3 is 2.06 bits per heavy atom. The van der Waals surface area contributed by atoms with Crippen molar-refractivity contribution < 1.29 is 39.6 Å². The van der Waals surface area contributed by atoms with Crippen molar-refractivity contribution in [3.8, 4) is 0 Å². The van der Waals surface area contributed by atoms with Gasteiger partial charge >= 0.3 is 5.51 Å². The number of thioether (sulfide) groups is 1. The summed E-state index contributed by atoms with van der Waals surface area (Å²) in [5, 5.41) is 3.05. The number of benzene rings is 3. The summed E-state index contributed by atoms with van der Waals surface area (Å²) in [6.07, 6.45) is 11.0. The summed E-state index contributed by atoms with van der Waals surface area (Å²) in [5.74, 6) is -0.942. The number of amides is 2. The smallest absolute Gasteiger partial charge is 0.380 e. The summed E-state index contributed by atoms with van der Waals surface area (Å²) in [5.41, 5.74) is 4.74. The molecule has 3 aromatic rings. The second-order valence-corrected chi connectivity index (χ2v) is 26.8. The van der Waals surface area contributed by atoms with Crippen LogP contribution in [0.5, 0.6) is 0 Å². The Labute approximate surface area is 428 Å². The highest BCUT2D eigenvalue weighted by molar-refractivity contribution is 7.99. The first-order valence-electron chi connectivity index (χ1n) is 25.5. The van der Waals surface area contributed by atoms with E-state index in [0.717, 1.165) is 114 Å². The number of piperazine rings is 2. The van der Waals surface area contributed by atoms with E-state index in [0.29, 0.717) is 47.5 Å². The number of hydrogen-bond acceptors (Lipinski definition) is 12. The number of rotatable bonds is 22. The van der Waals surface area contributed by atoms with Crippen LogP contribution in [0.25, 0.3) is 0 Å². The highest BCUT2D eigenvalue weighted by atomic mass is 32.2. The maximum atomic E-state index is 14.3. The minimum Gasteiger partial charge on any atom is -0.380 e. The largest absolute Gasteiger partial charge is 0.501 e. The van der Waals surface area contributed by atoms with Gasteiger partial charge in [0.2, 0.25) is 5.91 Å². The molecule has 4 aliphatic carbocycles. The molecule has 0 radical (unpaired) electrons. The fourth-order valence-corrected chi connectivity index (χ4v) is 14.9. The Kier molecular flexibility index (Phi) is 16.5. The Bertz CT molecular complexity index is 2650. The molecule has 3 saturated carbocycles. The molecule has 0 unspecified atom stereocenters. The van der Waals surface area contributed by atoms with Gasteiger partial charge in [0.25, 0.3) is 25.8 Å². The third-order valence-corrected chi connectivity index (χ3v) is 19.7. The third kappa shape index (κ3) is 13.0. The lowest BCUT2D eigenvalue weighted by atomic mass is 9.33. The van der Waals surface area contributed by atoms with Gasteiger partial charge in [-0.1, -0.05) is 56.5 Å². The van der Waals surface area contributed by atoms with E-state index in [2.05, 4.69) is 45.7 Å². The first kappa shape index (κ1) is 54.1. The number of sulfonamides is 1. The summed E-state index contributed by atoms with van der Waals surface area (Å²) in [6, 6.07) is 17.9. The van der Waals surface area contributed by atoms with Crippen molar-refractivity contribution in [2.24, 2.45) is 22.0 Å². The van der Waals surface area contributed by atoms with Crippen LogP contribution in [0.4, 0.5) is 24.5 Å². The van der Waals surface area contributed by atoms with E-state index in [9.17, 15) is 39.6 Å². The van der Waals surface area contributed by atoms with Crippen LogP contribution in [0.2, 0.25) is 0 Å². The lowest BCUT2D eigenvalue weighted by molar-refractivity contribution is -0.167. The maximum absolute atomic E-state index is 14.3. The predicted molar refractivity (Wildman–Crippen MR) is 278 cm³/mol. The van der Waals surface area contributed by atoms with Crippen molar-refractivity contribution in [2.75, 3.05) is 88.0 Å². The number of alkyl halides is 3. The number of primary amides is 1. The molecule has 2 bridgehead atoms. The number of sulfone groups is 1. The van der Waals surface area contributed by atoms with E-state index < -0.39 is 52.8 Å². The zero-order valence-electron chi connectivity index (χ0n) is 41.9. The zero-order chi connectivity index (χ0) is 51.5. The summed E-state index contributed by atoms with van der Waals surface area (Å²) >= 11 is 1.46. The molecule has 0 aromatic heterocycles. The van der Waals surface area contributed by atoms with Gasteiger partial charge in [-0.15, -0.1) is 11.8 Å². The average molecular weight is 1060 g/mol. The first-order chi connectivity index (χ1) is 34.0. The van der Waals surface area contributed by atoms with Gasteiger partial charge in [0.15, 0.2) is 0 Å². The molecule has 72 heavy (non-hydrogen) atoms. The van der Waals surface area contributed by atoms with Crippen molar-refractivity contribution in [1.82, 2.24) is 19.4 Å². The van der Waals surface area contributed by atoms with Crippen molar-refractivity contribution in [3.05, 3.63) is 89.5 Å². The number of hydrogen-bond donors (Lipinski definition) is 3. The molecule has 5 fully saturated rings. The maximum Gasteiger partial charge on any atom is 0.501 e. The molecular formula is C53H72F3N7O6S3. The van der Waals surface area contributed by atoms with Gasteiger partial charge in [-0.2, -0.15) is 13.2 Å². The first-order valence-corrected chi connectivity index (χ1v) is 29.5. The molecule has 1 atom stereocenters. The minimum absolute atomic E-state index is 0.0155. The summed E-state index contributed by atoms with van der Waals surface area (Å²) in [6.45, 7) is 16.3. The topological polar surface area (TPSA) is 165 Å². The molecule has 2 amide bonds. The predicted octanol–water partition coefficient (Wildman–Crippen LogP) is 8.54. The van der Waals surface area contributed by atoms with Crippen molar-refractivity contribution in [1.29, 1.82) is 0 Å². The van der Waals surface area contributed by atoms with Crippen LogP contribution >= 0.6 is 11.8 Å². The SMILES string of the molecule is CC1(C)CCC(CN2CCN(c3ccc(C(=O)NS(=O)(=O)c4ccc(N[C@H](CCN5CCN(CCCCCC(N)=O)CC5)CSc5ccccc5)c(S(=O)(=O)C(F)(F)F)c4)cc3)CC2)=C(C23CC(C)(C2)C3)C1. The van der Waals surface area contributed by atoms with Crippen LogP contribution in [0, 0.1) is 16.2 Å². The molecule has 2 heterocycles. The molecule has 0 spiro atoms. The van der Waals surface area contributed by atoms with Gasteiger partial charge in [-0.05, 0) is 135 Å². The van der Waals surface area contributed by atoms with E-state index in [-0.39, 0.29) is 11.5 Å². The Balaban J connectivity index is 0.896. The van der Waals surface area contributed by atoms with E-state index in [1.54, 1.807) is 23.3 Å². The lowest BCUT2D eigenvalue weighted by Crippen LogP contribution is -2.61. The highest BCUT2D eigenvalue weighted by Gasteiger charge is 2.67. The molecular weight excluding hydrogens is 984 g/mol. The number of carbonyl (C=O) groups excluding carboxylic acids is 2. The zero-order valence-corrected chi connectivity index (χ0v) is 44.4. The van der Waals surface area contributed by atoms with E-state index in [1.807, 2.05) is 35.1 Å². The molecule has 394 valence electrons. The van der Waals surface area contributed by atoms with Crippen molar-refractivity contribution >= 4 is 54.8 Å². The molecule has 6 aliphatic rings. The normalized spacial score (nSPS) is 23.5. The quantitative estimate of drug-likeness (QED) is 0.0500. The molecule has 4 N–H and O–H groups in total. The van der Waals surface area contributed by atoms with Crippen molar-refractivity contribution in [2.45, 2.75) is 118 Å². The number of unbranched alkanes of at least 4 members (excludes halogenated alkanes) is 2. The van der Waals surface area contributed by atoms with Crippen LogP contribution in [-0.2, 0) is 24.7 Å². The fraction of sp³-hybridized carbons (Fsp3) is 0.585. The third-order valence-electron chi connectivity index (χ3n) is 15.7. The van der Waals surface area contributed by atoms with E-state index in [4.69, 9.17) is 5.73 Å². The van der Waals surface area contributed by atoms with Crippen LogP contribution in [0.3, 0.4) is 0 Å². The molecule has 9 rings (SSSR count). The van der Waals surface area contributed by atoms with Crippen LogP contribution < -0.4 is 20.7 Å². The van der Waals surface area contributed by atoms with Gasteiger partial charge in [-0.25, -0.2) is 21.6 Å². The Morgan fingerprint density at radius 2 is 1.43 bits per heavy atom. The number of carbonyl (C=O) groups is 2. The van der Waals surface area contributed by atoms with Crippen LogP contribution in [0.1, 0.15) is 102 Å². The lowest BCUT2D eigenvalue weighted by Gasteiger charge is -2.72. The van der Waals surface area contributed by atoms with Gasteiger partial charge in [0, 0.05) is 99.8 Å². The van der Waals surface area contributed by atoms with Gasteiger partial charge in [-0.3, -0.25) is 14.5 Å². The number of halogens is 3. The second kappa shape index (κ2) is 22.0. The molecule has 3 aromatic carbocycles. The Hall–Kier alpha value is -4.14. The van der Waals surface area contributed by atoms with Gasteiger partial charge < -0.3 is 25.8 Å². The number of allylic oxidation sites excluding steroid dienone is 1. The second-order valence-electron chi connectivity index (χ2n) is 22.1. The van der Waals surface area contributed by atoms with E-state index >= 15 is 0 Å². The van der Waals surface area contributed by atoms with Crippen LogP contribution in [0.15, 0.2) is 98.6 Å². The summed E-state index contributed by atoms with van der Waals surface area (Å²) < 4.78 is 98.8. The minimum atomic E-state index is -6.07. The molecule has 19 heteroatoms.